The summed E-state index contributed by atoms with van der Waals surface area (Å²) in [5.74, 6) is -0.317. The zero-order valence-electron chi connectivity index (χ0n) is 14.5. The molecule has 5 nitrogen and oxygen atoms in total. The van der Waals surface area contributed by atoms with Gasteiger partial charge in [0.25, 0.3) is 5.91 Å². The Kier molecular flexibility index (Phi) is 4.92. The third-order valence-electron chi connectivity index (χ3n) is 4.01. The van der Waals surface area contributed by atoms with Gasteiger partial charge in [0.1, 0.15) is 21.5 Å². The molecule has 2 aromatic carbocycles. The molecule has 6 heteroatoms. The van der Waals surface area contributed by atoms with Crippen molar-refractivity contribution in [3.8, 4) is 6.07 Å². The van der Waals surface area contributed by atoms with Gasteiger partial charge in [0.05, 0.1) is 5.69 Å². The van der Waals surface area contributed by atoms with Crippen LogP contribution >= 0.6 is 11.3 Å². The highest BCUT2D eigenvalue weighted by atomic mass is 32.1. The van der Waals surface area contributed by atoms with Crippen LogP contribution in [0.3, 0.4) is 0 Å². The van der Waals surface area contributed by atoms with Gasteiger partial charge in [-0.2, -0.15) is 5.26 Å². The molecule has 0 atom stereocenters. The maximum atomic E-state index is 12.8. The van der Waals surface area contributed by atoms with Crippen molar-refractivity contribution in [3.05, 3.63) is 70.1 Å². The largest absolute Gasteiger partial charge is 0.396 e. The van der Waals surface area contributed by atoms with Gasteiger partial charge in [0.15, 0.2) is 0 Å². The van der Waals surface area contributed by atoms with Crippen LogP contribution in [-0.4, -0.2) is 5.91 Å². The molecular weight excluding hydrogens is 344 g/mol. The first-order valence-electron chi connectivity index (χ1n) is 8.03. The number of hydrogen-bond donors (Lipinski definition) is 3. The van der Waals surface area contributed by atoms with Crippen molar-refractivity contribution in [2.24, 2.45) is 0 Å². The number of nitrogens with two attached hydrogens (primary N) is 1. The summed E-state index contributed by atoms with van der Waals surface area (Å²) in [7, 11) is 0. The summed E-state index contributed by atoms with van der Waals surface area (Å²) < 4.78 is 0. The lowest BCUT2D eigenvalue weighted by atomic mass is 10.1. The molecule has 26 heavy (non-hydrogen) atoms. The van der Waals surface area contributed by atoms with Crippen molar-refractivity contribution in [1.29, 1.82) is 5.26 Å². The van der Waals surface area contributed by atoms with Gasteiger partial charge in [-0.05, 0) is 37.1 Å². The van der Waals surface area contributed by atoms with Crippen LogP contribution in [0.5, 0.6) is 0 Å². The average molecular weight is 362 g/mol. The van der Waals surface area contributed by atoms with Gasteiger partial charge in [-0.15, -0.1) is 11.3 Å². The van der Waals surface area contributed by atoms with E-state index in [0.717, 1.165) is 22.5 Å². The monoisotopic (exact) mass is 362 g/mol. The zero-order valence-corrected chi connectivity index (χ0v) is 15.3. The molecule has 3 aromatic rings. The van der Waals surface area contributed by atoms with Crippen molar-refractivity contribution < 1.29 is 4.79 Å². The fraction of sp³-hybridized carbons (Fsp3) is 0.100. The molecular formula is C20H18N4OS. The van der Waals surface area contributed by atoms with E-state index in [1.165, 1.54) is 11.3 Å². The normalized spacial score (nSPS) is 10.2. The molecule has 0 bridgehead atoms. The summed E-state index contributed by atoms with van der Waals surface area (Å²) in [6, 6.07) is 17.3. The van der Waals surface area contributed by atoms with Crippen molar-refractivity contribution in [2.75, 3.05) is 16.4 Å². The number of nitriles is 1. The molecule has 0 saturated heterocycles. The van der Waals surface area contributed by atoms with Crippen LogP contribution in [-0.2, 0) is 0 Å². The van der Waals surface area contributed by atoms with E-state index in [4.69, 9.17) is 5.73 Å². The predicted octanol–water partition coefficient (Wildman–Crippen LogP) is 4.81. The fourth-order valence-electron chi connectivity index (χ4n) is 2.65. The van der Waals surface area contributed by atoms with Crippen LogP contribution < -0.4 is 16.4 Å². The minimum absolute atomic E-state index is 0.194. The van der Waals surface area contributed by atoms with Crippen molar-refractivity contribution in [3.63, 3.8) is 0 Å². The van der Waals surface area contributed by atoms with Gasteiger partial charge in [-0.1, -0.05) is 36.4 Å². The number of rotatable bonds is 4. The van der Waals surface area contributed by atoms with Crippen LogP contribution in [0.15, 0.2) is 48.5 Å². The number of anilines is 4. The Balaban J connectivity index is 1.93. The molecule has 0 aliphatic rings. The molecule has 1 heterocycles. The van der Waals surface area contributed by atoms with E-state index >= 15 is 0 Å². The summed E-state index contributed by atoms with van der Waals surface area (Å²) in [6.07, 6.45) is 0. The highest BCUT2D eigenvalue weighted by molar-refractivity contribution is 7.19. The molecule has 1 aromatic heterocycles. The SMILES string of the molecule is Cc1cccc(C)c1NC(=O)c1sc(Nc2ccccc2)c(C#N)c1N. The molecule has 0 spiro atoms. The molecule has 130 valence electrons. The van der Waals surface area contributed by atoms with Crippen LogP contribution in [0.1, 0.15) is 26.4 Å². The minimum Gasteiger partial charge on any atom is -0.396 e. The number of nitrogen functional groups attached to an aromatic ring is 1. The maximum Gasteiger partial charge on any atom is 0.267 e. The Bertz CT molecular complexity index is 982. The number of carbonyl (C=O) groups excluding carboxylic acids is 1. The first-order chi connectivity index (χ1) is 12.5. The molecule has 0 radical (unpaired) electrons. The van der Waals surface area contributed by atoms with Gasteiger partial charge in [-0.3, -0.25) is 4.79 Å². The Labute approximate surface area is 156 Å². The van der Waals surface area contributed by atoms with Gasteiger partial charge in [-0.25, -0.2) is 0 Å². The highest BCUT2D eigenvalue weighted by Gasteiger charge is 2.22. The molecule has 0 unspecified atom stereocenters. The number of aryl methyl sites for hydroxylation is 2. The van der Waals surface area contributed by atoms with Gasteiger partial charge < -0.3 is 16.4 Å². The van der Waals surface area contributed by atoms with Gasteiger partial charge in [0.2, 0.25) is 0 Å². The highest BCUT2D eigenvalue weighted by Crippen LogP contribution is 2.37. The maximum absolute atomic E-state index is 12.8. The van der Waals surface area contributed by atoms with E-state index in [9.17, 15) is 10.1 Å². The Morgan fingerprint density at radius 1 is 1.08 bits per heavy atom. The predicted molar refractivity (Wildman–Crippen MR) is 107 cm³/mol. The quantitative estimate of drug-likeness (QED) is 0.621. The molecule has 4 N–H and O–H groups in total. The number of hydrogen-bond acceptors (Lipinski definition) is 5. The number of nitrogens with zero attached hydrogens (tertiary/aromatic N) is 1. The second-order valence-electron chi connectivity index (χ2n) is 5.87. The molecule has 0 aliphatic carbocycles. The standard InChI is InChI=1S/C20H18N4OS/c1-12-7-6-8-13(2)17(12)24-19(25)18-16(22)15(11-21)20(26-18)23-14-9-4-3-5-10-14/h3-10,23H,22H2,1-2H3,(H,24,25). The Morgan fingerprint density at radius 3 is 2.35 bits per heavy atom. The number of benzene rings is 2. The van der Waals surface area contributed by atoms with Crippen molar-refractivity contribution in [1.82, 2.24) is 0 Å². The summed E-state index contributed by atoms with van der Waals surface area (Å²) in [4.78, 5) is 13.1. The smallest absolute Gasteiger partial charge is 0.267 e. The second-order valence-corrected chi connectivity index (χ2v) is 6.89. The summed E-state index contributed by atoms with van der Waals surface area (Å²) in [5.41, 5.74) is 10.1. The van der Waals surface area contributed by atoms with E-state index in [1.807, 2.05) is 62.4 Å². The molecule has 1 amide bonds. The van der Waals surface area contributed by atoms with Crippen molar-refractivity contribution in [2.45, 2.75) is 13.8 Å². The lowest BCUT2D eigenvalue weighted by Crippen LogP contribution is -2.14. The van der Waals surface area contributed by atoms with E-state index in [1.54, 1.807) is 0 Å². The van der Waals surface area contributed by atoms with Crippen LogP contribution in [0.4, 0.5) is 22.1 Å². The summed E-state index contributed by atoms with van der Waals surface area (Å²) in [6.45, 7) is 3.87. The third kappa shape index (κ3) is 3.39. The van der Waals surface area contributed by atoms with E-state index in [2.05, 4.69) is 16.7 Å². The van der Waals surface area contributed by atoms with E-state index in [0.29, 0.717) is 9.88 Å². The lowest BCUT2D eigenvalue weighted by molar-refractivity contribution is 0.103. The Morgan fingerprint density at radius 2 is 1.73 bits per heavy atom. The number of carbonyl (C=O) groups is 1. The summed E-state index contributed by atoms with van der Waals surface area (Å²) in [5, 5.41) is 16.1. The van der Waals surface area contributed by atoms with Crippen LogP contribution in [0, 0.1) is 25.2 Å². The van der Waals surface area contributed by atoms with Crippen LogP contribution in [0.25, 0.3) is 0 Å². The number of amides is 1. The minimum atomic E-state index is -0.317. The van der Waals surface area contributed by atoms with Gasteiger partial charge >= 0.3 is 0 Å². The molecule has 3 rings (SSSR count). The third-order valence-corrected chi connectivity index (χ3v) is 5.13. The van der Waals surface area contributed by atoms with E-state index < -0.39 is 0 Å². The first kappa shape index (κ1) is 17.5. The fourth-order valence-corrected chi connectivity index (χ4v) is 3.63. The average Bonchev–Trinajstić information content (AvgIpc) is 2.94. The Hall–Kier alpha value is -3.30. The molecule has 0 saturated carbocycles. The van der Waals surface area contributed by atoms with Gasteiger partial charge in [0, 0.05) is 11.4 Å². The molecule has 0 aliphatic heterocycles. The second kappa shape index (κ2) is 7.30. The van der Waals surface area contributed by atoms with Crippen LogP contribution in [0.2, 0.25) is 0 Å². The topological polar surface area (TPSA) is 90.9 Å². The van der Waals surface area contributed by atoms with Crippen molar-refractivity contribution >= 4 is 39.3 Å². The number of thiophene rings is 1. The number of para-hydroxylation sites is 2. The van der Waals surface area contributed by atoms with E-state index in [-0.39, 0.29) is 17.2 Å². The lowest BCUT2D eigenvalue weighted by Gasteiger charge is -2.10. The first-order valence-corrected chi connectivity index (χ1v) is 8.85. The number of nitrogens with one attached hydrogen (secondary N) is 2. The molecule has 0 fully saturated rings. The zero-order chi connectivity index (χ0) is 18.7. The summed E-state index contributed by atoms with van der Waals surface area (Å²) >= 11 is 1.17.